The van der Waals surface area contributed by atoms with Gasteiger partial charge in [-0.2, -0.15) is 0 Å². The number of halogens is 2. The molecule has 4 nitrogen and oxygen atoms in total. The molecule has 3 rings (SSSR count). The smallest absolute Gasteiger partial charge is 0.304 e. The average molecular weight is 434 g/mol. The van der Waals surface area contributed by atoms with Gasteiger partial charge in [0.1, 0.15) is 0 Å². The lowest BCUT2D eigenvalue weighted by atomic mass is 9.74. The number of carboxylic acids is 1. The van der Waals surface area contributed by atoms with E-state index in [0.717, 1.165) is 11.1 Å². The molecule has 0 bridgehead atoms. The van der Waals surface area contributed by atoms with E-state index in [-0.39, 0.29) is 30.2 Å². The van der Waals surface area contributed by atoms with E-state index < -0.39 is 11.9 Å². The molecule has 0 radical (unpaired) electrons. The van der Waals surface area contributed by atoms with E-state index in [9.17, 15) is 14.7 Å². The molecule has 1 amide bonds. The zero-order valence-corrected chi connectivity index (χ0v) is 18.0. The molecular formula is C23H25Cl2NO3. The lowest BCUT2D eigenvalue weighted by molar-refractivity contribution is -0.150. The van der Waals surface area contributed by atoms with Gasteiger partial charge in [0.25, 0.3) is 0 Å². The first-order chi connectivity index (χ1) is 13.8. The first kappa shape index (κ1) is 21.7. The van der Waals surface area contributed by atoms with Gasteiger partial charge in [0.15, 0.2) is 0 Å². The van der Waals surface area contributed by atoms with Gasteiger partial charge in [0.05, 0.1) is 12.5 Å². The Balaban J connectivity index is 2.11. The van der Waals surface area contributed by atoms with Crippen LogP contribution in [0, 0.1) is 11.8 Å². The van der Waals surface area contributed by atoms with E-state index in [1.807, 2.05) is 53.4 Å². The number of aliphatic carboxylic acids is 1. The minimum absolute atomic E-state index is 0.0596. The SMILES string of the molecule is CC(C)CN1C(=O)[C@H](CC(=O)O)CC(c2cccc(Cl)c2)[C@H]1c1ccc(Cl)cc1. The second-order valence-electron chi connectivity index (χ2n) is 8.07. The van der Waals surface area contributed by atoms with Crippen LogP contribution >= 0.6 is 23.2 Å². The highest BCUT2D eigenvalue weighted by atomic mass is 35.5. The molecule has 1 heterocycles. The fraction of sp³-hybridized carbons (Fsp3) is 0.391. The van der Waals surface area contributed by atoms with Gasteiger partial charge >= 0.3 is 5.97 Å². The topological polar surface area (TPSA) is 57.6 Å². The van der Waals surface area contributed by atoms with E-state index in [4.69, 9.17) is 23.2 Å². The summed E-state index contributed by atoms with van der Waals surface area (Å²) < 4.78 is 0. The Bertz CT molecular complexity index is 882. The quantitative estimate of drug-likeness (QED) is 0.626. The van der Waals surface area contributed by atoms with Gasteiger partial charge in [-0.25, -0.2) is 0 Å². The summed E-state index contributed by atoms with van der Waals surface area (Å²) in [4.78, 5) is 26.6. The number of nitrogens with zero attached hydrogens (tertiary/aromatic N) is 1. The van der Waals surface area contributed by atoms with E-state index in [2.05, 4.69) is 13.8 Å². The zero-order valence-electron chi connectivity index (χ0n) is 16.5. The molecule has 1 saturated heterocycles. The number of hydrogen-bond acceptors (Lipinski definition) is 2. The van der Waals surface area contributed by atoms with Crippen LogP contribution in [0.3, 0.4) is 0 Å². The van der Waals surface area contributed by atoms with Crippen molar-refractivity contribution in [2.75, 3.05) is 6.54 Å². The minimum atomic E-state index is -0.956. The van der Waals surface area contributed by atoms with Crippen LogP contribution in [0.4, 0.5) is 0 Å². The van der Waals surface area contributed by atoms with Gasteiger partial charge in [-0.3, -0.25) is 9.59 Å². The standard InChI is InChI=1S/C23H25Cl2NO3/c1-14(2)13-26-22(15-6-8-18(24)9-7-15)20(16-4-3-5-19(25)10-16)11-17(23(26)29)12-21(27)28/h3-10,14,17,20,22H,11-13H2,1-2H3,(H,27,28)/t17-,20?,22+/m0/s1. The molecule has 2 aromatic carbocycles. The summed E-state index contributed by atoms with van der Waals surface area (Å²) in [5.74, 6) is -1.42. The van der Waals surface area contributed by atoms with E-state index in [0.29, 0.717) is 23.0 Å². The average Bonchev–Trinajstić information content (AvgIpc) is 2.65. The molecule has 0 spiro atoms. The van der Waals surface area contributed by atoms with Crippen LogP contribution in [0.2, 0.25) is 10.0 Å². The van der Waals surface area contributed by atoms with Crippen molar-refractivity contribution >= 4 is 35.1 Å². The van der Waals surface area contributed by atoms with Crippen LogP contribution in [-0.4, -0.2) is 28.4 Å². The molecule has 3 atom stereocenters. The number of carbonyl (C=O) groups is 2. The molecule has 29 heavy (non-hydrogen) atoms. The Morgan fingerprint density at radius 1 is 1.10 bits per heavy atom. The van der Waals surface area contributed by atoms with Gasteiger partial charge in [-0.1, -0.05) is 61.3 Å². The number of benzene rings is 2. The van der Waals surface area contributed by atoms with Crippen molar-refractivity contribution < 1.29 is 14.7 Å². The number of carboxylic acid groups (broad SMARTS) is 1. The normalized spacial score (nSPS) is 22.2. The summed E-state index contributed by atoms with van der Waals surface area (Å²) in [6.45, 7) is 4.67. The first-order valence-electron chi connectivity index (χ1n) is 9.79. The summed E-state index contributed by atoms with van der Waals surface area (Å²) in [6.07, 6.45) is 0.297. The second-order valence-corrected chi connectivity index (χ2v) is 8.95. The maximum atomic E-state index is 13.3. The lowest BCUT2D eigenvalue weighted by Gasteiger charge is -2.45. The van der Waals surface area contributed by atoms with Crippen LogP contribution < -0.4 is 0 Å². The van der Waals surface area contributed by atoms with E-state index in [1.165, 1.54) is 0 Å². The van der Waals surface area contributed by atoms with Gasteiger partial charge in [-0.05, 0) is 47.7 Å². The van der Waals surface area contributed by atoms with Crippen molar-refractivity contribution in [3.63, 3.8) is 0 Å². The molecule has 0 aromatic heterocycles. The summed E-state index contributed by atoms with van der Waals surface area (Å²) >= 11 is 12.3. The summed E-state index contributed by atoms with van der Waals surface area (Å²) in [7, 11) is 0. The van der Waals surface area contributed by atoms with Crippen molar-refractivity contribution in [1.82, 2.24) is 4.90 Å². The van der Waals surface area contributed by atoms with Gasteiger partial charge in [0, 0.05) is 28.4 Å². The molecular weight excluding hydrogens is 409 g/mol. The highest BCUT2D eigenvalue weighted by molar-refractivity contribution is 6.30. The van der Waals surface area contributed by atoms with E-state index in [1.54, 1.807) is 0 Å². The van der Waals surface area contributed by atoms with Crippen molar-refractivity contribution in [1.29, 1.82) is 0 Å². The second kappa shape index (κ2) is 9.19. The maximum absolute atomic E-state index is 13.3. The third-order valence-corrected chi connectivity index (χ3v) is 5.85. The van der Waals surface area contributed by atoms with Crippen LogP contribution in [0.25, 0.3) is 0 Å². The molecule has 1 aliphatic rings. The van der Waals surface area contributed by atoms with E-state index >= 15 is 0 Å². The summed E-state index contributed by atoms with van der Waals surface area (Å²) in [5.41, 5.74) is 2.00. The van der Waals surface area contributed by atoms with Crippen molar-refractivity contribution in [3.05, 3.63) is 69.7 Å². The Morgan fingerprint density at radius 2 is 1.79 bits per heavy atom. The fourth-order valence-electron chi connectivity index (χ4n) is 4.23. The van der Waals surface area contributed by atoms with Gasteiger partial charge < -0.3 is 10.0 Å². The number of piperidine rings is 1. The number of amides is 1. The number of carbonyl (C=O) groups excluding carboxylic acids is 1. The highest BCUT2D eigenvalue weighted by Crippen LogP contribution is 2.46. The molecule has 1 aliphatic heterocycles. The lowest BCUT2D eigenvalue weighted by Crippen LogP contribution is -2.48. The van der Waals surface area contributed by atoms with Crippen LogP contribution in [-0.2, 0) is 9.59 Å². The third kappa shape index (κ3) is 5.12. The van der Waals surface area contributed by atoms with Gasteiger partial charge in [-0.15, -0.1) is 0 Å². The molecule has 0 saturated carbocycles. The Labute approximate surface area is 181 Å². The molecule has 154 valence electrons. The molecule has 6 heteroatoms. The van der Waals surface area contributed by atoms with Crippen molar-refractivity contribution in [2.24, 2.45) is 11.8 Å². The third-order valence-electron chi connectivity index (χ3n) is 5.36. The Kier molecular flexibility index (Phi) is 6.86. The van der Waals surface area contributed by atoms with Crippen molar-refractivity contribution in [3.8, 4) is 0 Å². The predicted molar refractivity (Wildman–Crippen MR) is 115 cm³/mol. The number of likely N-dealkylation sites (tertiary alicyclic amines) is 1. The molecule has 0 aliphatic carbocycles. The number of rotatable bonds is 6. The van der Waals surface area contributed by atoms with Crippen LogP contribution in [0.5, 0.6) is 0 Å². The maximum Gasteiger partial charge on any atom is 0.304 e. The van der Waals surface area contributed by atoms with Gasteiger partial charge in [0.2, 0.25) is 5.91 Å². The predicted octanol–water partition coefficient (Wildman–Crippen LogP) is 5.80. The zero-order chi connectivity index (χ0) is 21.1. The van der Waals surface area contributed by atoms with Crippen molar-refractivity contribution in [2.45, 2.75) is 38.6 Å². The summed E-state index contributed by atoms with van der Waals surface area (Å²) in [6, 6.07) is 15.0. The van der Waals surface area contributed by atoms with Crippen LogP contribution in [0.15, 0.2) is 48.5 Å². The fourth-order valence-corrected chi connectivity index (χ4v) is 4.56. The first-order valence-corrected chi connectivity index (χ1v) is 10.5. The monoisotopic (exact) mass is 433 g/mol. The molecule has 1 unspecified atom stereocenters. The highest BCUT2D eigenvalue weighted by Gasteiger charge is 2.43. The number of hydrogen-bond donors (Lipinski definition) is 1. The Morgan fingerprint density at radius 3 is 2.38 bits per heavy atom. The minimum Gasteiger partial charge on any atom is -0.481 e. The van der Waals surface area contributed by atoms with Crippen LogP contribution in [0.1, 0.15) is 49.8 Å². The molecule has 2 aromatic rings. The Hall–Kier alpha value is -2.04. The molecule has 1 fully saturated rings. The largest absolute Gasteiger partial charge is 0.481 e. The summed E-state index contributed by atoms with van der Waals surface area (Å²) in [5, 5.41) is 10.6. The molecule has 1 N–H and O–H groups in total.